The number of fused-ring (bicyclic) bond motifs is 11. The van der Waals surface area contributed by atoms with Crippen LogP contribution in [0.1, 0.15) is 0 Å². The van der Waals surface area contributed by atoms with E-state index in [-0.39, 0.29) is 19.5 Å². The first-order valence-electron chi connectivity index (χ1n) is 16.9. The van der Waals surface area contributed by atoms with Gasteiger partial charge in [-0.15, -0.1) is 11.0 Å². The number of para-hydroxylation sites is 2. The molecule has 0 amide bonds. The standard InChI is InChI=1S/C27H16N3.C18H12N3.Zn/c1-2-7-18(8-3-1)30-22-15-13-17-12-14-20-19-9-4-5-10-21(19)29-26(20)24(17)25(22)27-23(30)11-6-16-28-27;1-3-7-15-13(5-1)9-11-19-17(15)21-18-16-8-4-2-6-14(16)10-12-20-18;/h1-16H;1-12H;/q2*-1;+2. The van der Waals surface area contributed by atoms with Crippen molar-refractivity contribution in [3.63, 3.8) is 0 Å². The molecule has 240 valence electrons. The third kappa shape index (κ3) is 5.17. The van der Waals surface area contributed by atoms with Crippen LogP contribution in [0.4, 0.5) is 5.82 Å². The molecule has 7 heteroatoms. The molecule has 6 nitrogen and oxygen atoms in total. The molecular formula is C45H28N6Zn. The molecule has 0 aliphatic rings. The van der Waals surface area contributed by atoms with Crippen molar-refractivity contribution in [3.8, 4) is 5.69 Å². The van der Waals surface area contributed by atoms with Gasteiger partial charge in [-0.2, -0.15) is 0 Å². The molecule has 0 aliphatic heterocycles. The van der Waals surface area contributed by atoms with Crippen molar-refractivity contribution < 1.29 is 19.5 Å². The minimum Gasteiger partial charge on any atom is -0.656 e. The Labute approximate surface area is 310 Å². The Morgan fingerprint density at radius 3 is 2.10 bits per heavy atom. The monoisotopic (exact) mass is 716 g/mol. The third-order valence-electron chi connectivity index (χ3n) is 9.60. The van der Waals surface area contributed by atoms with Gasteiger partial charge in [0, 0.05) is 28.9 Å². The number of pyridine rings is 3. The fourth-order valence-electron chi connectivity index (χ4n) is 7.31. The SMILES string of the molecule is [Zn+2].c1ccc(-n2c3cccnc3c3c4c(ccc5c6ccccc6[n-]c54)ccc32)cc1.c1ccc2c(N=c3[n-]ccc4ccccc34)nccc2c1. The molecule has 0 saturated carbocycles. The molecule has 0 atom stereocenters. The smallest absolute Gasteiger partial charge is 0.656 e. The maximum Gasteiger partial charge on any atom is 2.00 e. The summed E-state index contributed by atoms with van der Waals surface area (Å²) < 4.78 is 2.30. The molecule has 0 N–H and O–H groups in total. The van der Waals surface area contributed by atoms with E-state index in [0.717, 1.165) is 54.8 Å². The van der Waals surface area contributed by atoms with Gasteiger partial charge in [-0.3, -0.25) is 9.97 Å². The van der Waals surface area contributed by atoms with E-state index in [9.17, 15) is 0 Å². The van der Waals surface area contributed by atoms with Gasteiger partial charge in [0.25, 0.3) is 0 Å². The maximum absolute atomic E-state index is 5.05. The average Bonchev–Trinajstić information content (AvgIpc) is 3.75. The average molecular weight is 718 g/mol. The molecular weight excluding hydrogens is 690 g/mol. The summed E-state index contributed by atoms with van der Waals surface area (Å²) in [6.45, 7) is 0. The predicted molar refractivity (Wildman–Crippen MR) is 209 cm³/mol. The van der Waals surface area contributed by atoms with Crippen LogP contribution in [-0.4, -0.2) is 14.5 Å². The van der Waals surface area contributed by atoms with Gasteiger partial charge in [-0.05, 0) is 79.6 Å². The van der Waals surface area contributed by atoms with Crippen molar-refractivity contribution in [3.05, 3.63) is 176 Å². The van der Waals surface area contributed by atoms with Gasteiger partial charge in [0.2, 0.25) is 0 Å². The predicted octanol–water partition coefficient (Wildman–Crippen LogP) is 10.2. The van der Waals surface area contributed by atoms with Crippen LogP contribution in [-0.2, 0) is 19.5 Å². The molecule has 0 spiro atoms. The number of aromatic nitrogens is 5. The van der Waals surface area contributed by atoms with Crippen LogP contribution in [0, 0.1) is 0 Å². The molecule has 0 saturated heterocycles. The van der Waals surface area contributed by atoms with Crippen LogP contribution >= 0.6 is 0 Å². The molecule has 52 heavy (non-hydrogen) atoms. The number of benzene rings is 6. The Balaban J connectivity index is 0.000000145. The molecule has 5 aromatic heterocycles. The zero-order valence-corrected chi connectivity index (χ0v) is 31.0. The van der Waals surface area contributed by atoms with Gasteiger partial charge in [0.05, 0.1) is 22.4 Å². The summed E-state index contributed by atoms with van der Waals surface area (Å²) in [7, 11) is 0. The van der Waals surface area contributed by atoms with Crippen LogP contribution < -0.4 is 15.5 Å². The number of nitrogens with zero attached hydrogens (tertiary/aromatic N) is 6. The van der Waals surface area contributed by atoms with Crippen molar-refractivity contribution in [1.29, 1.82) is 0 Å². The molecule has 0 bridgehead atoms. The van der Waals surface area contributed by atoms with E-state index in [4.69, 9.17) is 9.97 Å². The Morgan fingerprint density at radius 2 is 1.23 bits per heavy atom. The zero-order chi connectivity index (χ0) is 33.7. The van der Waals surface area contributed by atoms with Gasteiger partial charge >= 0.3 is 19.5 Å². The van der Waals surface area contributed by atoms with Crippen LogP contribution in [0.25, 0.3) is 81.7 Å². The van der Waals surface area contributed by atoms with Gasteiger partial charge in [-0.1, -0.05) is 121 Å². The van der Waals surface area contributed by atoms with Crippen LogP contribution in [0.5, 0.6) is 0 Å². The Morgan fingerprint density at radius 1 is 0.500 bits per heavy atom. The molecule has 0 unspecified atom stereocenters. The summed E-state index contributed by atoms with van der Waals surface area (Å²) in [5.74, 6) is 0.706. The fraction of sp³-hybridized carbons (Fsp3) is 0. The summed E-state index contributed by atoms with van der Waals surface area (Å²) in [6.07, 6.45) is 5.45. The van der Waals surface area contributed by atoms with E-state index in [1.165, 1.54) is 26.9 Å². The first kappa shape index (κ1) is 31.5. The van der Waals surface area contributed by atoms with Gasteiger partial charge < -0.3 is 19.5 Å². The van der Waals surface area contributed by atoms with E-state index >= 15 is 0 Å². The normalized spacial score (nSPS) is 11.8. The summed E-state index contributed by atoms with van der Waals surface area (Å²) in [4.78, 5) is 23.3. The van der Waals surface area contributed by atoms with Crippen molar-refractivity contribution in [1.82, 2.24) is 24.5 Å². The van der Waals surface area contributed by atoms with E-state index < -0.39 is 0 Å². The Hall–Kier alpha value is -6.43. The summed E-state index contributed by atoms with van der Waals surface area (Å²) >= 11 is 0. The fourth-order valence-corrected chi connectivity index (χ4v) is 7.31. The largest absolute Gasteiger partial charge is 2.00 e. The minimum atomic E-state index is 0. The van der Waals surface area contributed by atoms with E-state index in [0.29, 0.717) is 11.3 Å². The zero-order valence-electron chi connectivity index (χ0n) is 28.1. The molecule has 0 radical (unpaired) electrons. The molecule has 0 aliphatic carbocycles. The first-order chi connectivity index (χ1) is 25.3. The van der Waals surface area contributed by atoms with Crippen LogP contribution in [0.3, 0.4) is 0 Å². The number of hydrogen-bond donors (Lipinski definition) is 0. The summed E-state index contributed by atoms with van der Waals surface area (Å²) in [5.41, 5.74) is 7.21. The second kappa shape index (κ2) is 13.0. The molecule has 6 aromatic carbocycles. The van der Waals surface area contributed by atoms with Crippen LogP contribution in [0.2, 0.25) is 0 Å². The van der Waals surface area contributed by atoms with Crippen molar-refractivity contribution in [2.24, 2.45) is 4.99 Å². The second-order valence-electron chi connectivity index (χ2n) is 12.5. The Kier molecular flexibility index (Phi) is 7.91. The summed E-state index contributed by atoms with van der Waals surface area (Å²) in [5, 5.41) is 10.3. The quantitative estimate of drug-likeness (QED) is 0.167. The molecule has 5 heterocycles. The number of rotatable bonds is 2. The van der Waals surface area contributed by atoms with Gasteiger partial charge in [-0.25, -0.2) is 0 Å². The minimum absolute atomic E-state index is 0. The van der Waals surface area contributed by atoms with E-state index in [1.807, 2.05) is 66.9 Å². The van der Waals surface area contributed by atoms with Crippen molar-refractivity contribution >= 4 is 81.9 Å². The van der Waals surface area contributed by atoms with E-state index in [1.54, 1.807) is 12.4 Å². The van der Waals surface area contributed by atoms with E-state index in [2.05, 4.69) is 111 Å². The second-order valence-corrected chi connectivity index (χ2v) is 12.5. The molecule has 0 fully saturated rings. The topological polar surface area (TPSA) is 71.3 Å². The van der Waals surface area contributed by atoms with Gasteiger partial charge in [0.15, 0.2) is 0 Å². The molecule has 11 aromatic rings. The van der Waals surface area contributed by atoms with Crippen LogP contribution in [0.15, 0.2) is 175 Å². The third-order valence-corrected chi connectivity index (χ3v) is 9.60. The van der Waals surface area contributed by atoms with Crippen molar-refractivity contribution in [2.45, 2.75) is 0 Å². The van der Waals surface area contributed by atoms with Gasteiger partial charge in [0.1, 0.15) is 0 Å². The number of hydrogen-bond acceptors (Lipinski definition) is 3. The molecule has 11 rings (SSSR count). The Bertz CT molecular complexity index is 3150. The maximum atomic E-state index is 5.05. The summed E-state index contributed by atoms with van der Waals surface area (Å²) in [6, 6.07) is 52.0. The first-order valence-corrected chi connectivity index (χ1v) is 16.9. The van der Waals surface area contributed by atoms with Crippen molar-refractivity contribution in [2.75, 3.05) is 0 Å².